The van der Waals surface area contributed by atoms with Crippen LogP contribution in [0.25, 0.3) is 0 Å². The Balaban J connectivity index is 1.18. The zero-order valence-corrected chi connectivity index (χ0v) is 68.5. The number of likely N-dealkylation sites (tertiary alicyclic amines) is 2. The Labute approximate surface area is 679 Å². The number of carboxylic acids is 1. The fourth-order valence-corrected chi connectivity index (χ4v) is 16.5. The normalized spacial score (nSPS) is 21.5. The SMILES string of the molecule is CC1C=CC(COC(=O)CCC#Cc2cn([C@H]3C[C@H](O)[C@@H](COP(=O)(O)OP(=O)(O)OP(=O)(O)O)O3)c(=O)[nH]c2=O)C2C(=O)N(CCC(=O)NCC(=O)N[C@H](C(=O)N[C@@H](CCCCN)C(=O)N[C@@H](CCCN=C(N)N)C(=O)N[C@@H](CCCCN)C(=O)N[C@@H](CCCCN)C(=O)N[C@@H](CCCCN)C(=O)N3CCC[C@H]3C(=O)O)C(C)C)C(=O)C12. The number of carbonyl (C=O) groups is 12. The van der Waals surface area contributed by atoms with Crippen molar-refractivity contribution in [1.82, 2.24) is 56.6 Å². The van der Waals surface area contributed by atoms with Gasteiger partial charge in [-0.1, -0.05) is 44.8 Å². The van der Waals surface area contributed by atoms with Crippen molar-refractivity contribution in [2.24, 2.45) is 69.0 Å². The number of aliphatic imine (C=N–C) groups is 1. The van der Waals surface area contributed by atoms with Crippen LogP contribution in [-0.2, 0) is 93.8 Å². The van der Waals surface area contributed by atoms with Crippen LogP contribution in [0, 0.1) is 41.4 Å². The molecule has 1 aromatic heterocycles. The quantitative estimate of drug-likeness (QED) is 0.00426. The highest BCUT2D eigenvalue weighted by atomic mass is 31.3. The summed E-state index contributed by atoms with van der Waals surface area (Å²) < 4.78 is 58.4. The predicted octanol–water partition coefficient (Wildman–Crippen LogP) is -4.66. The van der Waals surface area contributed by atoms with Crippen LogP contribution >= 0.6 is 23.5 Å². The summed E-state index contributed by atoms with van der Waals surface area (Å²) in [7, 11) is -17.2. The molecule has 3 fully saturated rings. The van der Waals surface area contributed by atoms with Crippen LogP contribution in [0.2, 0.25) is 0 Å². The maximum Gasteiger partial charge on any atom is 0.490 e. The molecule has 26 N–H and O–H groups in total. The third-order valence-corrected chi connectivity index (χ3v) is 23.4. The van der Waals surface area contributed by atoms with Crippen molar-refractivity contribution in [3.63, 3.8) is 0 Å². The smallest absolute Gasteiger partial charge is 0.480 e. The number of rotatable bonds is 51. The Hall–Kier alpha value is -8.74. The van der Waals surface area contributed by atoms with Gasteiger partial charge in [0.05, 0.1) is 44.1 Å². The van der Waals surface area contributed by atoms with Gasteiger partial charge in [-0.15, -0.1) is 0 Å². The van der Waals surface area contributed by atoms with Crippen LogP contribution < -0.4 is 82.9 Å². The second-order valence-electron chi connectivity index (χ2n) is 29.0. The number of aromatic amines is 1. The summed E-state index contributed by atoms with van der Waals surface area (Å²) >= 11 is 0. The van der Waals surface area contributed by atoms with Crippen LogP contribution in [0.1, 0.15) is 161 Å². The lowest BCUT2D eigenvalue weighted by atomic mass is 9.73. The van der Waals surface area contributed by atoms with Gasteiger partial charge in [-0.05, 0) is 141 Å². The minimum atomic E-state index is -5.87. The number of carboxylic acid groups (broad SMARTS) is 1. The number of ether oxygens (including phenoxy) is 2. The monoisotopic (exact) mass is 1730 g/mol. The lowest BCUT2D eigenvalue weighted by Gasteiger charge is -2.30. The molecule has 49 heteroatoms. The van der Waals surface area contributed by atoms with Crippen molar-refractivity contribution in [3.8, 4) is 11.8 Å². The standard InChI is InChI=1S/C69H113N18O28P3/c1-39(2)57(63(97)81-45(19-8-12-29-72)60(94)80-46(21-14-31-76-68(74)75)61(95)78-43(17-6-10-27-70)59(93)79-44(18-7-11-28-71)62(96)82-47(20-9-13-30-73)64(98)85-32-15-22-48(85)67(101)102)83-52(90)35-77-51(89)26-33-86-65(99)55-40(3)24-25-42(56(55)66(86)100)37-111-54(91)23-5-4-16-41-36-87(69(103)84-58(41)92)53-34-49(88)50(113-53)38-112-117(107,108)115-118(109,110)114-116(104,105)106/h24-25,36,39-40,42-50,53,55-57,88H,5-15,17-23,26-35,37-38,70-73H2,1-3H3,(H,77,89)(H,78,95)(H,79,93)(H,80,94)(H,81,97)(H,82,96)(H,83,90)(H,101,102)(H,107,108)(H,109,110)(H4,74,75,76)(H,84,92,103)(H2,104,105,106)/t40?,42?,43-,44-,45-,46-,47-,48-,49-,50+,53+,55?,56?,57-/m0/s1. The summed E-state index contributed by atoms with van der Waals surface area (Å²) in [6.07, 6.45) is 2.22. The third kappa shape index (κ3) is 32.4. The van der Waals surface area contributed by atoms with E-state index >= 15 is 0 Å². The highest BCUT2D eigenvalue weighted by molar-refractivity contribution is 7.66. The Morgan fingerprint density at radius 2 is 1.19 bits per heavy atom. The molecule has 46 nitrogen and oxygen atoms in total. The number of hydrogen-bond acceptors (Lipinski definition) is 28. The number of hydrogen-bond donors (Lipinski definition) is 20. The van der Waals surface area contributed by atoms with E-state index in [1.165, 1.54) is 4.90 Å². The number of guanidine groups is 1. The topological polar surface area (TPSA) is 738 Å². The van der Waals surface area contributed by atoms with E-state index in [0.29, 0.717) is 51.4 Å². The second kappa shape index (κ2) is 48.5. The summed E-state index contributed by atoms with van der Waals surface area (Å²) in [5.74, 6) is -8.60. The summed E-state index contributed by atoms with van der Waals surface area (Å²) in [6, 6.07) is -9.02. The first kappa shape index (κ1) is 99.8. The number of aliphatic carboxylic acids is 1. The number of allylic oxidation sites excluding steroid dienone is 1. The molecular formula is C69H113N18O28P3. The van der Waals surface area contributed by atoms with Crippen LogP contribution in [0.15, 0.2) is 32.9 Å². The van der Waals surface area contributed by atoms with Gasteiger partial charge in [-0.2, -0.15) is 8.62 Å². The lowest BCUT2D eigenvalue weighted by molar-refractivity contribution is -0.149. The largest absolute Gasteiger partial charge is 0.490 e. The zero-order valence-electron chi connectivity index (χ0n) is 65.9. The maximum absolute atomic E-state index is 14.6. The van der Waals surface area contributed by atoms with E-state index < -0.39 is 229 Å². The van der Waals surface area contributed by atoms with Crippen LogP contribution in [0.3, 0.4) is 0 Å². The molecule has 0 saturated carbocycles. The number of fused-ring (bicyclic) bond motifs is 1. The molecule has 16 atom stereocenters. The fourth-order valence-electron chi connectivity index (χ4n) is 13.5. The number of nitrogens with one attached hydrogen (secondary N) is 8. The van der Waals surface area contributed by atoms with Gasteiger partial charge in [0.2, 0.25) is 59.1 Å². The van der Waals surface area contributed by atoms with Gasteiger partial charge in [0.15, 0.2) is 5.96 Å². The van der Waals surface area contributed by atoms with E-state index in [-0.39, 0.29) is 122 Å². The first-order valence-corrected chi connectivity index (χ1v) is 43.3. The fraction of sp³-hybridized carbons (Fsp3) is 0.696. The van der Waals surface area contributed by atoms with Crippen LogP contribution in [-0.4, -0.2) is 246 Å². The number of carbonyl (C=O) groups excluding carboxylic acids is 11. The van der Waals surface area contributed by atoms with Gasteiger partial charge in [-0.3, -0.25) is 81.5 Å². The van der Waals surface area contributed by atoms with Gasteiger partial charge < -0.3 is 116 Å². The molecule has 0 aromatic carbocycles. The molecule has 0 radical (unpaired) electrons. The number of aliphatic hydroxyl groups excluding tert-OH is 1. The number of nitrogens with two attached hydrogens (primary N) is 6. The van der Waals surface area contributed by atoms with Crippen LogP contribution in [0.5, 0.6) is 0 Å². The van der Waals surface area contributed by atoms with E-state index in [1.807, 2.05) is 4.98 Å². The number of amides is 10. The molecule has 4 heterocycles. The van der Waals surface area contributed by atoms with E-state index in [9.17, 15) is 101 Å². The van der Waals surface area contributed by atoms with Crippen molar-refractivity contribution in [1.29, 1.82) is 0 Å². The van der Waals surface area contributed by atoms with E-state index in [0.717, 1.165) is 15.7 Å². The molecular weight excluding hydrogens is 1620 g/mol. The van der Waals surface area contributed by atoms with Crippen molar-refractivity contribution in [2.75, 3.05) is 65.6 Å². The molecule has 118 heavy (non-hydrogen) atoms. The highest BCUT2D eigenvalue weighted by Crippen LogP contribution is 2.66. The molecule has 10 amide bonds. The minimum absolute atomic E-state index is 0.00388. The maximum atomic E-state index is 14.6. The lowest BCUT2D eigenvalue weighted by Crippen LogP contribution is -2.60. The number of phosphoric acid groups is 3. The number of H-pyrrole nitrogens is 1. The zero-order chi connectivity index (χ0) is 87.8. The first-order valence-electron chi connectivity index (χ1n) is 38.8. The minimum Gasteiger partial charge on any atom is -0.480 e. The molecule has 0 spiro atoms. The van der Waals surface area contributed by atoms with Crippen molar-refractivity contribution < 1.29 is 124 Å². The van der Waals surface area contributed by atoms with E-state index in [4.69, 9.17) is 53.7 Å². The Kier molecular flexibility index (Phi) is 41.0. The Morgan fingerprint density at radius 3 is 1.72 bits per heavy atom. The number of imide groups is 1. The summed E-state index contributed by atoms with van der Waals surface area (Å²) in [6.45, 7) is 3.46. The van der Waals surface area contributed by atoms with E-state index in [1.54, 1.807) is 32.9 Å². The molecule has 3 aliphatic heterocycles. The second-order valence-corrected chi connectivity index (χ2v) is 33.5. The average molecular weight is 1740 g/mol. The van der Waals surface area contributed by atoms with Gasteiger partial charge in [0, 0.05) is 51.0 Å². The van der Waals surface area contributed by atoms with Gasteiger partial charge in [-0.25, -0.2) is 23.3 Å². The summed E-state index contributed by atoms with van der Waals surface area (Å²) in [5, 5.41) is 39.0. The van der Waals surface area contributed by atoms with E-state index in [2.05, 4.69) is 67.2 Å². The van der Waals surface area contributed by atoms with Crippen molar-refractivity contribution in [3.05, 3.63) is 44.8 Å². The third-order valence-electron chi connectivity index (χ3n) is 19.6. The number of aliphatic hydroxyl groups is 1. The Bertz CT molecular complexity index is 4070. The summed E-state index contributed by atoms with van der Waals surface area (Å²) in [5.41, 5.74) is 32.0. The molecule has 5 rings (SSSR count). The predicted molar refractivity (Wildman–Crippen MR) is 416 cm³/mol. The number of phosphoric ester groups is 1. The molecule has 1 aromatic rings. The van der Waals surface area contributed by atoms with Gasteiger partial charge >= 0.3 is 41.1 Å². The average Bonchev–Trinajstić information content (AvgIpc) is 1.61. The molecule has 6 unspecified atom stereocenters. The van der Waals surface area contributed by atoms with Crippen molar-refractivity contribution >= 4 is 100 Å². The highest BCUT2D eigenvalue weighted by Gasteiger charge is 2.54. The molecule has 0 bridgehead atoms. The Morgan fingerprint density at radius 1 is 0.669 bits per heavy atom. The van der Waals surface area contributed by atoms with Gasteiger partial charge in [0.25, 0.3) is 5.56 Å². The molecule has 1 aliphatic carbocycles. The first-order chi connectivity index (χ1) is 55.6. The van der Waals surface area contributed by atoms with Crippen LogP contribution in [0.4, 0.5) is 0 Å². The number of unbranched alkanes of at least 4 members (excludes halogenated alkanes) is 4. The molecule has 4 aliphatic rings. The van der Waals surface area contributed by atoms with Crippen molar-refractivity contribution in [2.45, 2.75) is 210 Å². The number of nitrogens with zero attached hydrogens (tertiary/aromatic N) is 4. The van der Waals surface area contributed by atoms with Gasteiger partial charge in [0.1, 0.15) is 60.2 Å². The summed E-state index contributed by atoms with van der Waals surface area (Å²) in [4.78, 5) is 236. The number of esters is 1. The number of aromatic nitrogens is 2. The molecule has 3 saturated heterocycles. The molecule has 662 valence electrons.